The molecule has 0 aliphatic heterocycles. The van der Waals surface area contributed by atoms with E-state index in [1.165, 1.54) is 0 Å². The molecule has 24 heteroatoms. The summed E-state index contributed by atoms with van der Waals surface area (Å²) >= 11 is 1.60. The molecule has 59 heavy (non-hydrogen) atoms. The summed E-state index contributed by atoms with van der Waals surface area (Å²) in [4.78, 5) is 74.2. The van der Waals surface area contributed by atoms with Gasteiger partial charge < -0.3 is 81.6 Å². The second kappa shape index (κ2) is 38.4. The molecule has 23 N–H and O–H groups in total. The van der Waals surface area contributed by atoms with Crippen LogP contribution in [0, 0.1) is 11.8 Å². The van der Waals surface area contributed by atoms with Gasteiger partial charge in [-0.15, -0.1) is 0 Å². The van der Waals surface area contributed by atoms with Crippen molar-refractivity contribution < 1.29 is 69.3 Å². The van der Waals surface area contributed by atoms with E-state index in [1.54, 1.807) is 25.6 Å². The van der Waals surface area contributed by atoms with Crippen LogP contribution in [0.3, 0.4) is 0 Å². The van der Waals surface area contributed by atoms with Crippen molar-refractivity contribution in [2.24, 2.45) is 62.7 Å². The average molecular weight is 870 g/mol. The van der Waals surface area contributed by atoms with Gasteiger partial charge >= 0.3 is 41.8 Å². The van der Waals surface area contributed by atoms with E-state index in [2.05, 4.69) is 4.99 Å². The number of carboxylic acids is 7. The van der Waals surface area contributed by atoms with Crippen molar-refractivity contribution in [2.45, 2.75) is 102 Å². The molecule has 0 spiro atoms. The third-order valence-corrected chi connectivity index (χ3v) is 7.75. The van der Waals surface area contributed by atoms with Gasteiger partial charge in [0.05, 0.1) is 6.42 Å². The highest BCUT2D eigenvalue weighted by Gasteiger charge is 2.18. The van der Waals surface area contributed by atoms with Crippen LogP contribution in [-0.2, 0) is 40.0 Å². The van der Waals surface area contributed by atoms with E-state index in [4.69, 9.17) is 81.6 Å². The molecule has 1 aromatic rings. The Hall–Kier alpha value is -5.11. The van der Waals surface area contributed by atoms with Gasteiger partial charge in [-0.2, -0.15) is 11.8 Å². The molecule has 0 fully saturated rings. The minimum Gasteiger partial charge on any atom is -0.481 e. The van der Waals surface area contributed by atoms with Crippen molar-refractivity contribution in [1.29, 1.82) is 0 Å². The standard InChI is InChI=1S/C9H11NO2.C6H14N4O2.C6H13NO2.C5H11NO2S.C5H11NO2.C4H7NO4/c10-8(9(11)12)6-7-4-2-1-3-5-7;7-4(5(11)12)2-1-3-10-6(8)9;1-3-4(2)5(7)6(8)9;1-9-3-2-4(6)5(7)8;1-3(2)4(6)5(7)8;5-2(4(8)9)1-3(6)7/h1-5,8H,6,10H2,(H,11,12);4H,1-3,7H2,(H,11,12)(H4,8,9,10);4-5H,3,7H2,1-2H3,(H,8,9);4H,2-3,6H2,1H3,(H,7,8);3-4H,6H2,1-2H3,(H,7,8);2H,1,5H2,(H,6,7)(H,8,9)/t8-;4-;4-,5-;2*4-;2-/m000000/s1. The first-order valence-electron chi connectivity index (χ1n) is 17.8. The number of hydrogen-bond donors (Lipinski definition) is 15. The molecule has 1 aromatic carbocycles. The SMILES string of the molecule is CC(C)[C@H](N)C(=O)O.CC[C@H](C)[C@H](N)C(=O)O.CSCC[C@H](N)C(=O)O.NC(N)=NCCC[C@H](N)C(=O)O.N[C@@H](CC(=O)O)C(=O)O.N[C@@H](Cc1ccccc1)C(=O)O. The molecular weight excluding hydrogens is 803 g/mol. The Morgan fingerprint density at radius 3 is 1.32 bits per heavy atom. The second-order valence-electron chi connectivity index (χ2n) is 12.7. The van der Waals surface area contributed by atoms with Gasteiger partial charge in [-0.3, -0.25) is 38.6 Å². The molecule has 0 aliphatic carbocycles. The monoisotopic (exact) mass is 869 g/mol. The van der Waals surface area contributed by atoms with E-state index in [9.17, 15) is 33.6 Å². The third kappa shape index (κ3) is 43.9. The number of aliphatic carboxylic acids is 7. The third-order valence-electron chi connectivity index (χ3n) is 7.11. The Morgan fingerprint density at radius 1 is 0.627 bits per heavy atom. The van der Waals surface area contributed by atoms with Gasteiger partial charge in [0.15, 0.2) is 5.96 Å². The van der Waals surface area contributed by atoms with Crippen LogP contribution in [-0.4, -0.2) is 138 Å². The lowest BCUT2D eigenvalue weighted by molar-refractivity contribution is -0.144. The molecule has 0 unspecified atom stereocenters. The number of carbonyl (C=O) groups is 7. The quantitative estimate of drug-likeness (QED) is 0.0408. The van der Waals surface area contributed by atoms with E-state index in [0.29, 0.717) is 32.2 Å². The van der Waals surface area contributed by atoms with Gasteiger partial charge in [0.25, 0.3) is 0 Å². The summed E-state index contributed by atoms with van der Waals surface area (Å²) in [7, 11) is 0. The van der Waals surface area contributed by atoms with Crippen molar-refractivity contribution in [3.05, 3.63) is 35.9 Å². The largest absolute Gasteiger partial charge is 0.481 e. The summed E-state index contributed by atoms with van der Waals surface area (Å²) in [6.07, 6.45) is 4.10. The van der Waals surface area contributed by atoms with Crippen molar-refractivity contribution in [3.63, 3.8) is 0 Å². The number of rotatable bonds is 20. The summed E-state index contributed by atoms with van der Waals surface area (Å²) in [5.74, 6) is -6.30. The molecule has 0 saturated carbocycles. The van der Waals surface area contributed by atoms with Crippen LogP contribution in [0.4, 0.5) is 0 Å². The number of nitrogens with zero attached hydrogens (tertiary/aromatic N) is 1. The molecule has 0 aliphatic rings. The first-order chi connectivity index (χ1) is 27.1. The van der Waals surface area contributed by atoms with E-state index < -0.39 is 84.5 Å². The van der Waals surface area contributed by atoms with Crippen LogP contribution < -0.4 is 45.9 Å². The number of aliphatic imine (C=N–C) groups is 1. The highest BCUT2D eigenvalue weighted by atomic mass is 32.2. The van der Waals surface area contributed by atoms with Gasteiger partial charge in [0, 0.05) is 6.54 Å². The Bertz CT molecular complexity index is 1370. The molecule has 7 atom stereocenters. The van der Waals surface area contributed by atoms with E-state index >= 15 is 0 Å². The van der Waals surface area contributed by atoms with Crippen LogP contribution in [0.1, 0.15) is 65.4 Å². The zero-order valence-electron chi connectivity index (χ0n) is 34.1. The molecule has 0 radical (unpaired) electrons. The lowest BCUT2D eigenvalue weighted by Gasteiger charge is -2.11. The molecule has 0 saturated heterocycles. The van der Waals surface area contributed by atoms with E-state index in [0.717, 1.165) is 17.7 Å². The minimum absolute atomic E-state index is 0.0129. The normalized spacial score (nSPS) is 13.4. The maximum atomic E-state index is 10.4. The first-order valence-corrected chi connectivity index (χ1v) is 19.2. The minimum atomic E-state index is -1.29. The fourth-order valence-corrected chi connectivity index (χ4v) is 3.51. The van der Waals surface area contributed by atoms with Crippen molar-refractivity contribution in [3.8, 4) is 0 Å². The van der Waals surface area contributed by atoms with Gasteiger partial charge in [-0.25, -0.2) is 0 Å². The van der Waals surface area contributed by atoms with Crippen LogP contribution in [0.2, 0.25) is 0 Å². The fourth-order valence-electron chi connectivity index (χ4n) is 3.02. The Kier molecular flexibility index (Phi) is 41.1. The summed E-state index contributed by atoms with van der Waals surface area (Å²) in [6.45, 7) is 7.73. The van der Waals surface area contributed by atoms with Gasteiger partial charge in [0.1, 0.15) is 36.3 Å². The lowest BCUT2D eigenvalue weighted by atomic mass is 10.0. The fraction of sp³-hybridized carbons (Fsp3) is 0.600. The number of thioether (sulfide) groups is 1. The molecule has 0 amide bonds. The maximum absolute atomic E-state index is 10.4. The summed E-state index contributed by atoms with van der Waals surface area (Å²) in [5.41, 5.74) is 42.1. The van der Waals surface area contributed by atoms with Crippen LogP contribution in [0.15, 0.2) is 35.3 Å². The van der Waals surface area contributed by atoms with Gasteiger partial charge in [-0.05, 0) is 55.1 Å². The summed E-state index contributed by atoms with van der Waals surface area (Å²) in [6, 6.07) is 4.34. The number of carboxylic acid groups (broad SMARTS) is 7. The maximum Gasteiger partial charge on any atom is 0.321 e. The molecule has 1 rings (SSSR count). The average Bonchev–Trinajstić information content (AvgIpc) is 3.15. The number of nitrogens with two attached hydrogens (primary N) is 8. The predicted octanol–water partition coefficient (Wildman–Crippen LogP) is -1.38. The summed E-state index contributed by atoms with van der Waals surface area (Å²) in [5, 5.41) is 57.8. The zero-order chi connectivity index (χ0) is 47.4. The molecule has 23 nitrogen and oxygen atoms in total. The number of guanidine groups is 1. The van der Waals surface area contributed by atoms with E-state index in [-0.39, 0.29) is 17.8 Å². The Labute approximate surface area is 347 Å². The highest BCUT2D eigenvalue weighted by Crippen LogP contribution is 2.04. The Morgan fingerprint density at radius 2 is 1.05 bits per heavy atom. The highest BCUT2D eigenvalue weighted by molar-refractivity contribution is 7.98. The molecule has 0 bridgehead atoms. The van der Waals surface area contributed by atoms with Crippen molar-refractivity contribution in [1.82, 2.24) is 0 Å². The molecule has 0 heterocycles. The summed E-state index contributed by atoms with van der Waals surface area (Å²) < 4.78 is 0. The number of benzene rings is 1. The smallest absolute Gasteiger partial charge is 0.321 e. The zero-order valence-corrected chi connectivity index (χ0v) is 34.9. The molecule has 0 aromatic heterocycles. The van der Waals surface area contributed by atoms with Crippen molar-refractivity contribution in [2.75, 3.05) is 18.6 Å². The number of hydrogen-bond acceptors (Lipinski definition) is 15. The predicted molar refractivity (Wildman–Crippen MR) is 223 cm³/mol. The van der Waals surface area contributed by atoms with Crippen LogP contribution in [0.5, 0.6) is 0 Å². The Balaban J connectivity index is -0.000000199. The molecular formula is C35H67N9O14S. The van der Waals surface area contributed by atoms with Crippen LogP contribution in [0.25, 0.3) is 0 Å². The van der Waals surface area contributed by atoms with Gasteiger partial charge in [-0.1, -0.05) is 64.4 Å². The molecule has 342 valence electrons. The van der Waals surface area contributed by atoms with E-state index in [1.807, 2.05) is 50.4 Å². The van der Waals surface area contributed by atoms with Crippen LogP contribution >= 0.6 is 11.8 Å². The van der Waals surface area contributed by atoms with Gasteiger partial charge in [0.2, 0.25) is 0 Å². The first kappa shape index (κ1) is 63.1. The second-order valence-corrected chi connectivity index (χ2v) is 13.6. The van der Waals surface area contributed by atoms with Crippen molar-refractivity contribution >= 4 is 59.5 Å². The topological polar surface area (TPSA) is 482 Å². The lowest BCUT2D eigenvalue weighted by Crippen LogP contribution is -2.36.